The molecule has 3 heteroatoms. The Kier molecular flexibility index (Phi) is 5.15. The van der Waals surface area contributed by atoms with E-state index in [1.54, 1.807) is 0 Å². The minimum atomic E-state index is -0.526. The van der Waals surface area contributed by atoms with Crippen molar-refractivity contribution in [2.24, 2.45) is 0 Å². The molecule has 0 atom stereocenters. The Labute approximate surface area is 90.3 Å². The number of rotatable bonds is 6. The van der Waals surface area contributed by atoms with E-state index in [0.29, 0.717) is 5.75 Å². The molecule has 0 aliphatic rings. The van der Waals surface area contributed by atoms with Gasteiger partial charge in [0.05, 0.1) is 13.2 Å². The molecule has 84 valence electrons. The lowest BCUT2D eigenvalue weighted by Gasteiger charge is -2.14. The van der Waals surface area contributed by atoms with Gasteiger partial charge in [0, 0.05) is 0 Å². The number of aryl methyl sites for hydroxylation is 1. The van der Waals surface area contributed by atoms with Crippen molar-refractivity contribution < 1.29 is 14.9 Å². The van der Waals surface area contributed by atoms with Crippen LogP contribution >= 0.6 is 0 Å². The van der Waals surface area contributed by atoms with Crippen LogP contribution in [-0.2, 0) is 6.42 Å². The third-order valence-corrected chi connectivity index (χ3v) is 2.17. The second-order valence-electron chi connectivity index (χ2n) is 3.50. The number of hydrogen-bond acceptors (Lipinski definition) is 3. The molecule has 0 aliphatic carbocycles. The summed E-state index contributed by atoms with van der Waals surface area (Å²) in [6, 6.07) is 7.74. The van der Waals surface area contributed by atoms with Gasteiger partial charge in [-0.25, -0.2) is 0 Å². The van der Waals surface area contributed by atoms with E-state index >= 15 is 0 Å². The SMILES string of the molecule is CCCc1ccc(OC(CO)CO)cc1. The fourth-order valence-corrected chi connectivity index (χ4v) is 1.35. The lowest BCUT2D eigenvalue weighted by Crippen LogP contribution is -2.25. The van der Waals surface area contributed by atoms with Crippen LogP contribution in [0.25, 0.3) is 0 Å². The summed E-state index contributed by atoms with van der Waals surface area (Å²) in [4.78, 5) is 0. The molecular weight excluding hydrogens is 192 g/mol. The highest BCUT2D eigenvalue weighted by molar-refractivity contribution is 5.27. The molecule has 0 fully saturated rings. The Morgan fingerprint density at radius 2 is 1.73 bits per heavy atom. The topological polar surface area (TPSA) is 49.7 Å². The van der Waals surface area contributed by atoms with E-state index in [1.165, 1.54) is 5.56 Å². The maximum absolute atomic E-state index is 8.84. The highest BCUT2D eigenvalue weighted by atomic mass is 16.5. The summed E-state index contributed by atoms with van der Waals surface area (Å²) in [5.41, 5.74) is 1.27. The molecule has 0 heterocycles. The first-order valence-corrected chi connectivity index (χ1v) is 5.27. The Bertz CT molecular complexity index is 265. The second kappa shape index (κ2) is 6.43. The van der Waals surface area contributed by atoms with Crippen LogP contribution in [0.3, 0.4) is 0 Å². The summed E-state index contributed by atoms with van der Waals surface area (Å²) in [6.07, 6.45) is 1.65. The maximum Gasteiger partial charge on any atom is 0.145 e. The molecule has 0 aromatic heterocycles. The number of hydrogen-bond donors (Lipinski definition) is 2. The van der Waals surface area contributed by atoms with Crippen LogP contribution in [0, 0.1) is 0 Å². The molecule has 15 heavy (non-hydrogen) atoms. The zero-order valence-electron chi connectivity index (χ0n) is 9.02. The predicted octanol–water partition coefficient (Wildman–Crippen LogP) is 1.37. The highest BCUT2D eigenvalue weighted by Gasteiger charge is 2.06. The van der Waals surface area contributed by atoms with Crippen molar-refractivity contribution in [1.29, 1.82) is 0 Å². The van der Waals surface area contributed by atoms with Gasteiger partial charge in [0.1, 0.15) is 11.9 Å². The summed E-state index contributed by atoms with van der Waals surface area (Å²) in [5, 5.41) is 17.7. The average Bonchev–Trinajstić information content (AvgIpc) is 2.28. The van der Waals surface area contributed by atoms with Crippen LogP contribution in [0.15, 0.2) is 24.3 Å². The van der Waals surface area contributed by atoms with Crippen LogP contribution < -0.4 is 4.74 Å². The number of benzene rings is 1. The zero-order chi connectivity index (χ0) is 11.1. The van der Waals surface area contributed by atoms with Gasteiger partial charge in [0.25, 0.3) is 0 Å². The van der Waals surface area contributed by atoms with Crippen LogP contribution in [0.5, 0.6) is 5.75 Å². The van der Waals surface area contributed by atoms with Gasteiger partial charge >= 0.3 is 0 Å². The molecule has 0 amide bonds. The summed E-state index contributed by atoms with van der Waals surface area (Å²) in [6.45, 7) is 1.79. The maximum atomic E-state index is 8.84. The zero-order valence-corrected chi connectivity index (χ0v) is 9.02. The molecule has 1 aromatic rings. The fourth-order valence-electron chi connectivity index (χ4n) is 1.35. The van der Waals surface area contributed by atoms with Crippen molar-refractivity contribution in [2.45, 2.75) is 25.9 Å². The van der Waals surface area contributed by atoms with Gasteiger partial charge in [-0.05, 0) is 24.1 Å². The Morgan fingerprint density at radius 1 is 1.13 bits per heavy atom. The Morgan fingerprint density at radius 3 is 2.20 bits per heavy atom. The van der Waals surface area contributed by atoms with E-state index in [-0.39, 0.29) is 13.2 Å². The monoisotopic (exact) mass is 210 g/mol. The van der Waals surface area contributed by atoms with Gasteiger partial charge in [0.15, 0.2) is 0 Å². The van der Waals surface area contributed by atoms with Crippen LogP contribution in [0.4, 0.5) is 0 Å². The van der Waals surface area contributed by atoms with Crippen LogP contribution in [0.1, 0.15) is 18.9 Å². The Balaban J connectivity index is 2.55. The van der Waals surface area contributed by atoms with Gasteiger partial charge in [-0.15, -0.1) is 0 Å². The molecule has 0 aliphatic heterocycles. The van der Waals surface area contributed by atoms with E-state index in [4.69, 9.17) is 14.9 Å². The van der Waals surface area contributed by atoms with Crippen molar-refractivity contribution in [1.82, 2.24) is 0 Å². The average molecular weight is 210 g/mol. The first-order valence-electron chi connectivity index (χ1n) is 5.27. The third-order valence-electron chi connectivity index (χ3n) is 2.17. The predicted molar refractivity (Wildman–Crippen MR) is 59.0 cm³/mol. The van der Waals surface area contributed by atoms with Crippen molar-refractivity contribution in [3.05, 3.63) is 29.8 Å². The third kappa shape index (κ3) is 3.90. The summed E-state index contributed by atoms with van der Waals surface area (Å²) < 4.78 is 5.35. The molecule has 0 saturated carbocycles. The number of aliphatic hydroxyl groups excluding tert-OH is 2. The largest absolute Gasteiger partial charge is 0.486 e. The molecule has 1 aromatic carbocycles. The minimum Gasteiger partial charge on any atom is -0.486 e. The quantitative estimate of drug-likeness (QED) is 0.745. The molecule has 0 bridgehead atoms. The standard InChI is InChI=1S/C12H18O3/c1-2-3-10-4-6-11(7-5-10)15-12(8-13)9-14/h4-7,12-14H,2-3,8-9H2,1H3. The van der Waals surface area contributed by atoms with Crippen LogP contribution in [0.2, 0.25) is 0 Å². The molecule has 1 rings (SSSR count). The van der Waals surface area contributed by atoms with Gasteiger partial charge in [-0.2, -0.15) is 0 Å². The van der Waals surface area contributed by atoms with Crippen molar-refractivity contribution >= 4 is 0 Å². The molecule has 0 radical (unpaired) electrons. The molecule has 0 unspecified atom stereocenters. The summed E-state index contributed by atoms with van der Waals surface area (Å²) >= 11 is 0. The van der Waals surface area contributed by atoms with E-state index in [1.807, 2.05) is 24.3 Å². The van der Waals surface area contributed by atoms with E-state index in [2.05, 4.69) is 6.92 Å². The van der Waals surface area contributed by atoms with Gasteiger partial charge in [-0.3, -0.25) is 0 Å². The second-order valence-corrected chi connectivity index (χ2v) is 3.50. The smallest absolute Gasteiger partial charge is 0.145 e. The number of aliphatic hydroxyl groups is 2. The molecular formula is C12H18O3. The molecule has 0 spiro atoms. The molecule has 0 saturated heterocycles. The lowest BCUT2D eigenvalue weighted by molar-refractivity contribution is 0.0629. The minimum absolute atomic E-state index is 0.173. The lowest BCUT2D eigenvalue weighted by atomic mass is 10.1. The molecule has 2 N–H and O–H groups in total. The van der Waals surface area contributed by atoms with E-state index < -0.39 is 6.10 Å². The summed E-state index contributed by atoms with van der Waals surface area (Å²) in [7, 11) is 0. The van der Waals surface area contributed by atoms with E-state index in [0.717, 1.165) is 12.8 Å². The summed E-state index contributed by atoms with van der Waals surface area (Å²) in [5.74, 6) is 0.683. The van der Waals surface area contributed by atoms with Crippen LogP contribution in [-0.4, -0.2) is 29.5 Å². The Hall–Kier alpha value is -1.06. The van der Waals surface area contributed by atoms with Crippen molar-refractivity contribution in [3.63, 3.8) is 0 Å². The highest BCUT2D eigenvalue weighted by Crippen LogP contribution is 2.14. The first-order chi connectivity index (χ1) is 7.30. The first kappa shape index (κ1) is 12.0. The van der Waals surface area contributed by atoms with Crippen molar-refractivity contribution in [2.75, 3.05) is 13.2 Å². The normalized spacial score (nSPS) is 10.7. The van der Waals surface area contributed by atoms with Gasteiger partial charge in [-0.1, -0.05) is 25.5 Å². The fraction of sp³-hybridized carbons (Fsp3) is 0.500. The molecule has 3 nitrogen and oxygen atoms in total. The van der Waals surface area contributed by atoms with Gasteiger partial charge in [0.2, 0.25) is 0 Å². The van der Waals surface area contributed by atoms with E-state index in [9.17, 15) is 0 Å². The number of ether oxygens (including phenoxy) is 1. The van der Waals surface area contributed by atoms with Gasteiger partial charge < -0.3 is 14.9 Å². The van der Waals surface area contributed by atoms with Crippen molar-refractivity contribution in [3.8, 4) is 5.75 Å².